The highest BCUT2D eigenvalue weighted by atomic mass is 32.1. The molecule has 0 aromatic carbocycles. The second kappa shape index (κ2) is 11.4. The molecule has 0 saturated heterocycles. The lowest BCUT2D eigenvalue weighted by Crippen LogP contribution is -1.94. The maximum absolute atomic E-state index is 9.86. The van der Waals surface area contributed by atoms with Crippen molar-refractivity contribution >= 4 is 11.5 Å². The molecular weight excluding hydrogens is 256 g/mol. The smallest absolute Gasteiger partial charge is 0.0914 e. The van der Waals surface area contributed by atoms with E-state index in [1.165, 1.54) is 69.3 Å². The van der Waals surface area contributed by atoms with E-state index in [-0.39, 0.29) is 6.10 Å². The molecule has 0 amide bonds. The van der Waals surface area contributed by atoms with Crippen molar-refractivity contribution in [3.63, 3.8) is 0 Å². The van der Waals surface area contributed by atoms with E-state index in [0.717, 1.165) is 17.7 Å². The summed E-state index contributed by atoms with van der Waals surface area (Å²) in [6.45, 7) is 2.26. The summed E-state index contributed by atoms with van der Waals surface area (Å²) in [6.07, 6.45) is 15.5. The van der Waals surface area contributed by atoms with E-state index in [1.807, 2.05) is 0 Å². The van der Waals surface area contributed by atoms with E-state index in [0.29, 0.717) is 0 Å². The molecular formula is C15H28N2OS. The molecule has 0 bridgehead atoms. The van der Waals surface area contributed by atoms with Crippen molar-refractivity contribution in [1.82, 2.24) is 9.59 Å². The highest BCUT2D eigenvalue weighted by molar-refractivity contribution is 7.05. The predicted octanol–water partition coefficient (Wildman–Crippen LogP) is 4.88. The molecule has 4 heteroatoms. The second-order valence-corrected chi connectivity index (χ2v) is 6.12. The van der Waals surface area contributed by atoms with Crippen LogP contribution in [-0.4, -0.2) is 14.7 Å². The molecule has 1 rings (SSSR count). The lowest BCUT2D eigenvalue weighted by atomic mass is 10.0. The molecule has 1 aromatic rings. The van der Waals surface area contributed by atoms with Gasteiger partial charge in [0, 0.05) is 0 Å². The van der Waals surface area contributed by atoms with E-state index in [1.54, 1.807) is 6.20 Å². The van der Waals surface area contributed by atoms with Crippen LogP contribution in [0.4, 0.5) is 0 Å². The van der Waals surface area contributed by atoms with Gasteiger partial charge in [-0.25, -0.2) is 0 Å². The summed E-state index contributed by atoms with van der Waals surface area (Å²) < 4.78 is 3.77. The van der Waals surface area contributed by atoms with Crippen molar-refractivity contribution in [1.29, 1.82) is 0 Å². The summed E-state index contributed by atoms with van der Waals surface area (Å²) >= 11 is 1.30. The highest BCUT2D eigenvalue weighted by Crippen LogP contribution is 2.21. The maximum Gasteiger partial charge on any atom is 0.0914 e. The van der Waals surface area contributed by atoms with Crippen molar-refractivity contribution in [3.05, 3.63) is 11.1 Å². The third kappa shape index (κ3) is 8.32. The zero-order valence-electron chi connectivity index (χ0n) is 12.2. The van der Waals surface area contributed by atoms with Crippen molar-refractivity contribution in [3.8, 4) is 0 Å². The van der Waals surface area contributed by atoms with Gasteiger partial charge in [0.05, 0.1) is 17.2 Å². The van der Waals surface area contributed by atoms with Gasteiger partial charge in [0.25, 0.3) is 0 Å². The standard InChI is InChI=1S/C15H28N2OS/c1-2-3-4-5-6-7-8-9-10-11-12-14(18)15-13-16-17-19-15/h13-14,18H,2-12H2,1H3. The second-order valence-electron chi connectivity index (χ2n) is 5.31. The molecule has 0 radical (unpaired) electrons. The van der Waals surface area contributed by atoms with Crippen LogP contribution in [-0.2, 0) is 0 Å². The number of hydrogen-bond acceptors (Lipinski definition) is 4. The van der Waals surface area contributed by atoms with Crippen LogP contribution >= 0.6 is 11.5 Å². The van der Waals surface area contributed by atoms with Crippen molar-refractivity contribution < 1.29 is 5.11 Å². The first-order chi connectivity index (χ1) is 9.34. The van der Waals surface area contributed by atoms with Crippen LogP contribution in [0.25, 0.3) is 0 Å². The fourth-order valence-corrected chi connectivity index (χ4v) is 2.81. The predicted molar refractivity (Wildman–Crippen MR) is 81.3 cm³/mol. The average Bonchev–Trinajstić information content (AvgIpc) is 2.95. The number of aliphatic hydroxyl groups excluding tert-OH is 1. The Bertz CT molecular complexity index is 290. The lowest BCUT2D eigenvalue weighted by molar-refractivity contribution is 0.167. The van der Waals surface area contributed by atoms with Gasteiger partial charge in [-0.05, 0) is 18.0 Å². The minimum absolute atomic E-state index is 0.353. The number of hydrogen-bond donors (Lipinski definition) is 1. The summed E-state index contributed by atoms with van der Waals surface area (Å²) in [5, 5.41) is 13.6. The Kier molecular flexibility index (Phi) is 9.91. The lowest BCUT2D eigenvalue weighted by Gasteiger charge is -2.06. The van der Waals surface area contributed by atoms with Crippen LogP contribution in [0.3, 0.4) is 0 Å². The SMILES string of the molecule is CCCCCCCCCCCCC(O)c1cnns1. The van der Waals surface area contributed by atoms with Crippen LogP contribution in [0.5, 0.6) is 0 Å². The molecule has 0 aliphatic rings. The summed E-state index contributed by atoms with van der Waals surface area (Å²) in [7, 11) is 0. The van der Waals surface area contributed by atoms with Gasteiger partial charge in [0.15, 0.2) is 0 Å². The molecule has 1 unspecified atom stereocenters. The Hall–Kier alpha value is -0.480. The van der Waals surface area contributed by atoms with Crippen LogP contribution in [0.1, 0.15) is 88.5 Å². The van der Waals surface area contributed by atoms with Crippen molar-refractivity contribution in [2.24, 2.45) is 0 Å². The quantitative estimate of drug-likeness (QED) is 0.556. The van der Waals surface area contributed by atoms with Crippen molar-refractivity contribution in [2.45, 2.75) is 83.7 Å². The van der Waals surface area contributed by atoms with Gasteiger partial charge in [0.1, 0.15) is 0 Å². The minimum atomic E-state index is -0.353. The van der Waals surface area contributed by atoms with Gasteiger partial charge in [-0.1, -0.05) is 75.6 Å². The molecule has 0 aliphatic heterocycles. The number of aromatic nitrogens is 2. The Morgan fingerprint density at radius 1 is 1.00 bits per heavy atom. The van der Waals surface area contributed by atoms with Gasteiger partial charge in [-0.15, -0.1) is 5.10 Å². The van der Waals surface area contributed by atoms with Gasteiger partial charge < -0.3 is 5.11 Å². The number of aliphatic hydroxyl groups is 1. The first-order valence-electron chi connectivity index (χ1n) is 7.80. The van der Waals surface area contributed by atoms with E-state index < -0.39 is 0 Å². The molecule has 0 saturated carbocycles. The van der Waals surface area contributed by atoms with Crippen LogP contribution < -0.4 is 0 Å². The Morgan fingerprint density at radius 3 is 2.11 bits per heavy atom. The summed E-state index contributed by atoms with van der Waals surface area (Å²) in [5.41, 5.74) is 0. The fourth-order valence-electron chi connectivity index (χ4n) is 2.29. The first-order valence-corrected chi connectivity index (χ1v) is 8.57. The molecule has 110 valence electrons. The number of rotatable bonds is 12. The molecule has 1 N–H and O–H groups in total. The molecule has 19 heavy (non-hydrogen) atoms. The molecule has 1 atom stereocenters. The molecule has 3 nitrogen and oxygen atoms in total. The van der Waals surface area contributed by atoms with E-state index >= 15 is 0 Å². The third-order valence-corrected chi connectivity index (χ3v) is 4.30. The van der Waals surface area contributed by atoms with Gasteiger partial charge >= 0.3 is 0 Å². The van der Waals surface area contributed by atoms with Crippen molar-refractivity contribution in [2.75, 3.05) is 0 Å². The number of unbranched alkanes of at least 4 members (excludes halogenated alkanes) is 9. The zero-order valence-corrected chi connectivity index (χ0v) is 13.0. The Labute approximate surface area is 121 Å². The van der Waals surface area contributed by atoms with E-state index in [2.05, 4.69) is 16.5 Å². The van der Waals surface area contributed by atoms with Crippen LogP contribution in [0.15, 0.2) is 6.20 Å². The summed E-state index contributed by atoms with van der Waals surface area (Å²) in [6, 6.07) is 0. The first kappa shape index (κ1) is 16.6. The van der Waals surface area contributed by atoms with E-state index in [9.17, 15) is 5.11 Å². The van der Waals surface area contributed by atoms with Gasteiger partial charge in [-0.3, -0.25) is 0 Å². The van der Waals surface area contributed by atoms with Gasteiger partial charge in [-0.2, -0.15) is 0 Å². The molecule has 0 aliphatic carbocycles. The topological polar surface area (TPSA) is 46.0 Å². The highest BCUT2D eigenvalue weighted by Gasteiger charge is 2.09. The Balaban J connectivity index is 1.83. The molecule has 0 fully saturated rings. The molecule has 1 aromatic heterocycles. The van der Waals surface area contributed by atoms with E-state index in [4.69, 9.17) is 0 Å². The summed E-state index contributed by atoms with van der Waals surface area (Å²) in [5.74, 6) is 0. The third-order valence-electron chi connectivity index (χ3n) is 3.54. The normalized spacial score (nSPS) is 12.7. The number of nitrogens with zero attached hydrogens (tertiary/aromatic N) is 2. The average molecular weight is 284 g/mol. The van der Waals surface area contributed by atoms with Crippen LogP contribution in [0, 0.1) is 0 Å². The molecule has 1 heterocycles. The summed E-state index contributed by atoms with van der Waals surface area (Å²) in [4.78, 5) is 0.899. The Morgan fingerprint density at radius 2 is 1.58 bits per heavy atom. The zero-order chi connectivity index (χ0) is 13.8. The fraction of sp³-hybridized carbons (Fsp3) is 0.867. The minimum Gasteiger partial charge on any atom is -0.387 e. The van der Waals surface area contributed by atoms with Gasteiger partial charge in [0.2, 0.25) is 0 Å². The molecule has 0 spiro atoms. The van der Waals surface area contributed by atoms with Crippen LogP contribution in [0.2, 0.25) is 0 Å². The monoisotopic (exact) mass is 284 g/mol. The maximum atomic E-state index is 9.86. The largest absolute Gasteiger partial charge is 0.387 e.